The van der Waals surface area contributed by atoms with Crippen molar-refractivity contribution in [2.45, 2.75) is 110 Å². The number of amides is 2. The van der Waals surface area contributed by atoms with E-state index in [1.54, 1.807) is 23.1 Å². The van der Waals surface area contributed by atoms with E-state index in [-0.39, 0.29) is 58.8 Å². The number of phenols is 2. The molecular formula is C52H58BN7O8. The number of aromatic hydroxyl groups is 2. The van der Waals surface area contributed by atoms with E-state index in [9.17, 15) is 29.4 Å². The lowest BCUT2D eigenvalue weighted by Gasteiger charge is -2.37. The molecule has 2 aromatic heterocycles. The van der Waals surface area contributed by atoms with Gasteiger partial charge in [0.25, 0.3) is 11.8 Å². The lowest BCUT2D eigenvalue weighted by Crippen LogP contribution is -2.44. The number of fused-ring (bicyclic) bond motifs is 1. The molecule has 3 atom stereocenters. The van der Waals surface area contributed by atoms with Gasteiger partial charge in [-0.15, -0.1) is 0 Å². The van der Waals surface area contributed by atoms with Crippen molar-refractivity contribution in [1.82, 2.24) is 34.9 Å². The summed E-state index contributed by atoms with van der Waals surface area (Å²) in [4.78, 5) is 64.9. The molecule has 6 aromatic rings. The van der Waals surface area contributed by atoms with Gasteiger partial charge < -0.3 is 29.7 Å². The van der Waals surface area contributed by atoms with Crippen molar-refractivity contribution in [3.8, 4) is 28.6 Å². The average molecular weight is 920 g/mol. The van der Waals surface area contributed by atoms with Crippen LogP contribution in [0.2, 0.25) is 5.82 Å². The number of Topliss-reactive ketones (excluding diaryl/α,β-unsaturated/α-hetero) is 1. The molecule has 0 spiro atoms. The Morgan fingerprint density at radius 2 is 1.65 bits per heavy atom. The zero-order valence-electron chi connectivity index (χ0n) is 39.5. The number of rotatable bonds is 15. The SMILES string of the molecule is CC(C)C[C@H](CC(=O)[C@H](Cc1ccccc1)NC(=O)c1cnccn1)B1OC(C)(C)C(C)(c2ccc(C(=O)N3CCc4ccc(-n5c(-c6cc(C(C)C)c(O)cc6O)n[nH]c5=O)cc4C3)cc2)O1. The van der Waals surface area contributed by atoms with E-state index in [0.29, 0.717) is 54.7 Å². The standard InChI is InChI=1S/C52H58BN7O8/c1-31(2)23-38(26-46(63)42(24-33-11-9-8-10-12-33)56-48(64)43-29-54-20-21-55-43)53-67-51(5,6)52(7,68-53)37-16-13-35(14-17-37)49(65)59-22-19-34-15-18-39(25-36(34)30-59)60-47(57-58-50(60)66)41-27-40(32(3)4)44(61)28-45(41)62/h8-18,20-21,25,27-29,31-32,38,42,61-62H,19,22-24,26,30H2,1-7H3,(H,56,64)(H,58,66)/t38-,42+,52?/m1/s1. The zero-order chi connectivity index (χ0) is 48.5. The monoisotopic (exact) mass is 919 g/mol. The number of aromatic amines is 1. The summed E-state index contributed by atoms with van der Waals surface area (Å²) in [5, 5.41) is 30.9. The lowest BCUT2D eigenvalue weighted by atomic mass is 9.65. The molecule has 2 aliphatic heterocycles. The van der Waals surface area contributed by atoms with Crippen molar-refractivity contribution < 1.29 is 33.9 Å². The summed E-state index contributed by atoms with van der Waals surface area (Å²) in [6.45, 7) is 14.7. The summed E-state index contributed by atoms with van der Waals surface area (Å²) in [5.41, 5.74) is 3.37. The van der Waals surface area contributed by atoms with Crippen molar-refractivity contribution in [3.05, 3.63) is 153 Å². The number of aromatic nitrogens is 5. The van der Waals surface area contributed by atoms with Gasteiger partial charge in [0, 0.05) is 49.4 Å². The predicted octanol–water partition coefficient (Wildman–Crippen LogP) is 7.70. The Morgan fingerprint density at radius 3 is 2.34 bits per heavy atom. The molecule has 15 nitrogen and oxygen atoms in total. The van der Waals surface area contributed by atoms with Crippen LogP contribution in [0.5, 0.6) is 11.5 Å². The number of ketones is 1. The number of nitrogens with one attached hydrogen (secondary N) is 2. The van der Waals surface area contributed by atoms with Crippen LogP contribution in [0.4, 0.5) is 0 Å². The second-order valence-corrected chi connectivity index (χ2v) is 19.3. The summed E-state index contributed by atoms with van der Waals surface area (Å²) in [6.07, 6.45) is 5.94. The Labute approximate surface area is 396 Å². The summed E-state index contributed by atoms with van der Waals surface area (Å²) in [6, 6.07) is 24.7. The predicted molar refractivity (Wildman–Crippen MR) is 258 cm³/mol. The van der Waals surface area contributed by atoms with Crippen molar-refractivity contribution in [2.75, 3.05) is 6.54 Å². The van der Waals surface area contributed by atoms with Crippen LogP contribution < -0.4 is 11.0 Å². The third-order valence-corrected chi connectivity index (χ3v) is 13.4. The molecule has 352 valence electrons. The molecule has 0 bridgehead atoms. The van der Waals surface area contributed by atoms with Gasteiger partial charge in [-0.3, -0.25) is 19.4 Å². The van der Waals surface area contributed by atoms with Gasteiger partial charge in [-0.25, -0.2) is 19.4 Å². The van der Waals surface area contributed by atoms with Crippen LogP contribution in [-0.2, 0) is 39.1 Å². The first-order chi connectivity index (χ1) is 32.4. The first-order valence-corrected chi connectivity index (χ1v) is 23.2. The number of benzene rings is 4. The smallest absolute Gasteiger partial charge is 0.461 e. The minimum Gasteiger partial charge on any atom is -0.508 e. The lowest BCUT2D eigenvalue weighted by molar-refractivity contribution is -0.121. The van der Waals surface area contributed by atoms with E-state index < -0.39 is 36.0 Å². The van der Waals surface area contributed by atoms with Crippen molar-refractivity contribution in [3.63, 3.8) is 0 Å². The van der Waals surface area contributed by atoms with Crippen LogP contribution in [0.15, 0.2) is 108 Å². The summed E-state index contributed by atoms with van der Waals surface area (Å²) in [7, 11) is -0.743. The number of hydrogen-bond donors (Lipinski definition) is 4. The van der Waals surface area contributed by atoms with Gasteiger partial charge in [0.2, 0.25) is 0 Å². The van der Waals surface area contributed by atoms with Gasteiger partial charge in [0.05, 0.1) is 29.1 Å². The zero-order valence-corrected chi connectivity index (χ0v) is 39.5. The van der Waals surface area contributed by atoms with E-state index in [4.69, 9.17) is 9.31 Å². The molecule has 4 N–H and O–H groups in total. The third-order valence-electron chi connectivity index (χ3n) is 13.4. The van der Waals surface area contributed by atoms with Crippen LogP contribution >= 0.6 is 0 Å². The average Bonchev–Trinajstić information content (AvgIpc) is 3.82. The van der Waals surface area contributed by atoms with Crippen molar-refractivity contribution in [1.29, 1.82) is 0 Å². The summed E-state index contributed by atoms with van der Waals surface area (Å²) < 4.78 is 15.0. The van der Waals surface area contributed by atoms with E-state index in [1.165, 1.54) is 29.2 Å². The van der Waals surface area contributed by atoms with Crippen molar-refractivity contribution >= 4 is 24.7 Å². The molecule has 0 radical (unpaired) electrons. The maximum atomic E-state index is 14.3. The number of phenolic OH excluding ortho intramolecular Hbond substituents is 2. The van der Waals surface area contributed by atoms with Crippen molar-refractivity contribution in [2.24, 2.45) is 5.92 Å². The largest absolute Gasteiger partial charge is 0.508 e. The molecule has 16 heteroatoms. The second kappa shape index (κ2) is 19.4. The molecule has 68 heavy (non-hydrogen) atoms. The van der Waals surface area contributed by atoms with Gasteiger partial charge in [-0.1, -0.05) is 76.2 Å². The first-order valence-electron chi connectivity index (χ1n) is 23.2. The number of hydrogen-bond acceptors (Lipinski definition) is 11. The quantitative estimate of drug-likeness (QED) is 0.0736. The van der Waals surface area contributed by atoms with E-state index in [0.717, 1.165) is 22.3 Å². The summed E-state index contributed by atoms with van der Waals surface area (Å²) in [5.74, 6) is -1.03. The Balaban J connectivity index is 0.982. The Kier molecular flexibility index (Phi) is 13.6. The first kappa shape index (κ1) is 47.6. The molecule has 1 unspecified atom stereocenters. The molecule has 1 fully saturated rings. The molecule has 0 saturated carbocycles. The number of carbonyl (C=O) groups excluding carboxylic acids is 3. The van der Waals surface area contributed by atoms with Gasteiger partial charge in [0.1, 0.15) is 22.8 Å². The van der Waals surface area contributed by atoms with Crippen LogP contribution in [0.25, 0.3) is 17.1 Å². The molecule has 2 amide bonds. The fourth-order valence-corrected chi connectivity index (χ4v) is 9.37. The minimum absolute atomic E-state index is 0.0447. The minimum atomic E-state index is -0.959. The maximum absolute atomic E-state index is 14.3. The van der Waals surface area contributed by atoms with Crippen LogP contribution in [0, 0.1) is 5.92 Å². The van der Waals surface area contributed by atoms with E-state index in [1.807, 2.05) is 95.3 Å². The highest BCUT2D eigenvalue weighted by molar-refractivity contribution is 6.48. The highest BCUT2D eigenvalue weighted by Gasteiger charge is 2.57. The molecule has 1 saturated heterocycles. The van der Waals surface area contributed by atoms with Gasteiger partial charge in [-0.05, 0) is 110 Å². The second-order valence-electron chi connectivity index (χ2n) is 19.3. The van der Waals surface area contributed by atoms with Gasteiger partial charge >= 0.3 is 12.8 Å². The molecule has 4 aromatic carbocycles. The Bertz CT molecular complexity index is 2870. The topological polar surface area (TPSA) is 202 Å². The fraction of sp³-hybridized carbons (Fsp3) is 0.365. The van der Waals surface area contributed by atoms with Crippen LogP contribution in [-0.4, -0.2) is 82.7 Å². The molecule has 8 rings (SSSR count). The highest BCUT2D eigenvalue weighted by Crippen LogP contribution is 2.49. The normalized spacial score (nSPS) is 17.5. The fourth-order valence-electron chi connectivity index (χ4n) is 9.37. The van der Waals surface area contributed by atoms with E-state index >= 15 is 0 Å². The number of H-pyrrole nitrogens is 1. The Hall–Kier alpha value is -6.91. The van der Waals surface area contributed by atoms with Crippen LogP contribution in [0.3, 0.4) is 0 Å². The molecule has 0 aliphatic carbocycles. The summed E-state index contributed by atoms with van der Waals surface area (Å²) >= 11 is 0. The van der Waals surface area contributed by atoms with Crippen LogP contribution in [0.1, 0.15) is 116 Å². The third kappa shape index (κ3) is 9.74. The Morgan fingerprint density at radius 1 is 0.897 bits per heavy atom. The molecule has 2 aliphatic rings. The maximum Gasteiger partial charge on any atom is 0.461 e. The molecular weight excluding hydrogens is 861 g/mol. The highest BCUT2D eigenvalue weighted by atomic mass is 16.7. The van der Waals surface area contributed by atoms with Gasteiger partial charge in [-0.2, -0.15) is 5.10 Å². The van der Waals surface area contributed by atoms with Gasteiger partial charge in [0.15, 0.2) is 11.6 Å². The number of carbonyl (C=O) groups is 3. The van der Waals surface area contributed by atoms with E-state index in [2.05, 4.69) is 39.3 Å². The molecule has 4 heterocycles. The number of nitrogens with zero attached hydrogens (tertiary/aromatic N) is 5.